The summed E-state index contributed by atoms with van der Waals surface area (Å²) in [4.78, 5) is 24.6. The Morgan fingerprint density at radius 1 is 0.329 bits per heavy atom. The molecule has 0 rings (SSSR count). The summed E-state index contributed by atoms with van der Waals surface area (Å²) in [6.45, 7) is 4.93. The highest BCUT2D eigenvalue weighted by Gasteiger charge is 2.18. The maximum Gasteiger partial charge on any atom is 0.305 e. The van der Waals surface area contributed by atoms with E-state index in [1.807, 2.05) is 6.08 Å². The first-order chi connectivity index (χ1) is 42.0. The van der Waals surface area contributed by atoms with Crippen molar-refractivity contribution in [2.24, 2.45) is 0 Å². The van der Waals surface area contributed by atoms with E-state index in [9.17, 15) is 19.8 Å². The third kappa shape index (κ3) is 70.8. The number of esters is 1. The summed E-state index contributed by atoms with van der Waals surface area (Å²) >= 11 is 0. The molecule has 0 aromatic carbocycles. The Hall–Kier alpha value is -2.18. The van der Waals surface area contributed by atoms with Gasteiger partial charge in [-0.2, -0.15) is 0 Å². The minimum atomic E-state index is -0.843. The van der Waals surface area contributed by atoms with E-state index in [-0.39, 0.29) is 18.5 Å². The summed E-state index contributed by atoms with van der Waals surface area (Å²) in [6.07, 6.45) is 98.0. The molecule has 3 N–H and O–H groups in total. The maximum absolute atomic E-state index is 12.5. The molecule has 0 aliphatic rings. The third-order valence-corrected chi connectivity index (χ3v) is 17.8. The second-order valence-corrected chi connectivity index (χ2v) is 26.3. The fourth-order valence-corrected chi connectivity index (χ4v) is 12.0. The molecule has 0 fully saturated rings. The van der Waals surface area contributed by atoms with Gasteiger partial charge in [-0.3, -0.25) is 9.59 Å². The van der Waals surface area contributed by atoms with E-state index in [1.165, 1.54) is 340 Å². The molecule has 0 radical (unpaired) electrons. The number of ether oxygens (including phenoxy) is 1. The summed E-state index contributed by atoms with van der Waals surface area (Å²) in [5.74, 6) is -0.0516. The van der Waals surface area contributed by atoms with Gasteiger partial charge in [0.25, 0.3) is 0 Å². The van der Waals surface area contributed by atoms with E-state index in [0.717, 1.165) is 51.4 Å². The molecule has 2 atom stereocenters. The first-order valence-corrected chi connectivity index (χ1v) is 38.4. The van der Waals surface area contributed by atoms with E-state index in [1.54, 1.807) is 6.08 Å². The van der Waals surface area contributed by atoms with Crippen LogP contribution in [0.1, 0.15) is 418 Å². The minimum Gasteiger partial charge on any atom is -0.466 e. The summed E-state index contributed by atoms with van der Waals surface area (Å²) < 4.78 is 5.50. The second kappa shape index (κ2) is 74.3. The zero-order valence-electron chi connectivity index (χ0n) is 57.4. The predicted octanol–water partition coefficient (Wildman–Crippen LogP) is 25.2. The van der Waals surface area contributed by atoms with Crippen LogP contribution < -0.4 is 5.32 Å². The van der Waals surface area contributed by atoms with Gasteiger partial charge in [-0.1, -0.05) is 364 Å². The number of aliphatic hydroxyl groups is 2. The van der Waals surface area contributed by atoms with Crippen molar-refractivity contribution < 1.29 is 24.5 Å². The van der Waals surface area contributed by atoms with Crippen LogP contribution in [0.2, 0.25) is 0 Å². The fourth-order valence-electron chi connectivity index (χ4n) is 12.0. The van der Waals surface area contributed by atoms with Gasteiger partial charge in [-0.15, -0.1) is 0 Å². The van der Waals surface area contributed by atoms with Gasteiger partial charge in [0.2, 0.25) is 5.91 Å². The van der Waals surface area contributed by atoms with E-state index < -0.39 is 12.1 Å². The van der Waals surface area contributed by atoms with Gasteiger partial charge in [0.15, 0.2) is 0 Å². The van der Waals surface area contributed by atoms with Crippen LogP contribution in [-0.4, -0.2) is 47.4 Å². The highest BCUT2D eigenvalue weighted by atomic mass is 16.5. The number of unbranched alkanes of at least 4 members (excludes halogenated alkanes) is 55. The molecule has 0 saturated heterocycles. The molecule has 0 bridgehead atoms. The quantitative estimate of drug-likeness (QED) is 0.0320. The summed E-state index contributed by atoms with van der Waals surface area (Å²) in [6, 6.07) is -0.626. The van der Waals surface area contributed by atoms with Crippen LogP contribution in [0.5, 0.6) is 0 Å². The Morgan fingerprint density at radius 2 is 0.588 bits per heavy atom. The number of rotatable bonds is 72. The Balaban J connectivity index is 3.37. The van der Waals surface area contributed by atoms with Crippen molar-refractivity contribution in [2.75, 3.05) is 13.2 Å². The molecule has 0 aliphatic carbocycles. The number of aliphatic hydroxyl groups excluding tert-OH is 2. The van der Waals surface area contributed by atoms with Gasteiger partial charge in [0.05, 0.1) is 25.4 Å². The number of hydrogen-bond acceptors (Lipinski definition) is 5. The number of carbonyl (C=O) groups is 2. The smallest absolute Gasteiger partial charge is 0.305 e. The molecular weight excluding hydrogens is 1040 g/mol. The van der Waals surface area contributed by atoms with Crippen molar-refractivity contribution in [1.82, 2.24) is 5.32 Å². The lowest BCUT2D eigenvalue weighted by atomic mass is 10.0. The van der Waals surface area contributed by atoms with Crippen molar-refractivity contribution in [2.45, 2.75) is 431 Å². The summed E-state index contributed by atoms with van der Waals surface area (Å²) in [5, 5.41) is 23.2. The molecule has 1 amide bonds. The van der Waals surface area contributed by atoms with E-state index >= 15 is 0 Å². The summed E-state index contributed by atoms with van der Waals surface area (Å²) in [5.41, 5.74) is 0. The van der Waals surface area contributed by atoms with Crippen LogP contribution in [0.25, 0.3) is 0 Å². The van der Waals surface area contributed by atoms with Crippen LogP contribution >= 0.6 is 0 Å². The number of nitrogens with one attached hydrogen (secondary N) is 1. The van der Waals surface area contributed by atoms with Crippen LogP contribution in [0.15, 0.2) is 48.6 Å². The Labute approximate surface area is 531 Å². The van der Waals surface area contributed by atoms with Crippen LogP contribution in [-0.2, 0) is 14.3 Å². The zero-order chi connectivity index (χ0) is 61.3. The standard InChI is InChI=1S/C79H149NO5/c1-3-5-7-9-11-13-15-17-19-45-49-53-57-61-65-69-73-79(84)85-74-70-66-62-58-54-50-46-42-40-38-36-34-32-30-28-26-24-22-20-21-23-25-27-29-31-33-35-37-39-41-44-48-52-56-60-64-68-72-78(83)80-76(75-81)77(82)71-67-63-59-55-51-47-43-18-16-14-12-10-8-6-4-2/h19-20,22,26,28,45,67,71,76-77,81-82H,3-18,21,23-25,27,29-44,46-66,68-70,72-75H2,1-2H3,(H,80,83)/b22-20-,28-26-,45-19-,71-67+. The highest BCUT2D eigenvalue weighted by molar-refractivity contribution is 5.76. The van der Waals surface area contributed by atoms with Crippen molar-refractivity contribution in [3.05, 3.63) is 48.6 Å². The first kappa shape index (κ1) is 82.8. The van der Waals surface area contributed by atoms with E-state index in [4.69, 9.17) is 4.74 Å². The van der Waals surface area contributed by atoms with E-state index in [0.29, 0.717) is 19.4 Å². The fraction of sp³-hybridized carbons (Fsp3) is 0.873. The number of hydrogen-bond donors (Lipinski definition) is 3. The molecule has 0 heterocycles. The summed E-state index contributed by atoms with van der Waals surface area (Å²) in [7, 11) is 0. The van der Waals surface area contributed by atoms with Gasteiger partial charge in [-0.25, -0.2) is 0 Å². The molecule has 6 nitrogen and oxygen atoms in total. The average molecular weight is 1190 g/mol. The largest absolute Gasteiger partial charge is 0.466 e. The monoisotopic (exact) mass is 1190 g/mol. The Kier molecular flexibility index (Phi) is 72.4. The molecular formula is C79H149NO5. The molecule has 85 heavy (non-hydrogen) atoms. The van der Waals surface area contributed by atoms with Crippen molar-refractivity contribution in [1.29, 1.82) is 0 Å². The maximum atomic E-state index is 12.5. The lowest BCUT2D eigenvalue weighted by Gasteiger charge is -2.20. The molecule has 0 aliphatic heterocycles. The van der Waals surface area contributed by atoms with Gasteiger partial charge in [-0.05, 0) is 89.9 Å². The normalized spacial score (nSPS) is 12.8. The molecule has 500 valence electrons. The Morgan fingerprint density at radius 3 is 0.906 bits per heavy atom. The van der Waals surface area contributed by atoms with Gasteiger partial charge >= 0.3 is 5.97 Å². The van der Waals surface area contributed by atoms with Gasteiger partial charge in [0.1, 0.15) is 0 Å². The Bertz CT molecular complexity index is 1420. The topological polar surface area (TPSA) is 95.9 Å². The van der Waals surface area contributed by atoms with Crippen LogP contribution in [0.4, 0.5) is 0 Å². The molecule has 0 saturated carbocycles. The zero-order valence-corrected chi connectivity index (χ0v) is 57.4. The number of amides is 1. The number of allylic oxidation sites excluding steroid dienone is 7. The minimum absolute atomic E-state index is 0.0115. The molecule has 0 spiro atoms. The second-order valence-electron chi connectivity index (χ2n) is 26.3. The highest BCUT2D eigenvalue weighted by Crippen LogP contribution is 2.19. The number of carbonyl (C=O) groups excluding carboxylic acids is 2. The lowest BCUT2D eigenvalue weighted by Crippen LogP contribution is -2.45. The molecule has 2 unspecified atom stereocenters. The van der Waals surface area contributed by atoms with Crippen LogP contribution in [0, 0.1) is 0 Å². The predicted molar refractivity (Wildman–Crippen MR) is 375 cm³/mol. The van der Waals surface area contributed by atoms with E-state index in [2.05, 4.69) is 55.6 Å². The molecule has 0 aromatic heterocycles. The third-order valence-electron chi connectivity index (χ3n) is 17.8. The molecule has 6 heteroatoms. The van der Waals surface area contributed by atoms with Gasteiger partial charge in [0, 0.05) is 12.8 Å². The first-order valence-electron chi connectivity index (χ1n) is 38.4. The van der Waals surface area contributed by atoms with Crippen molar-refractivity contribution in [3.63, 3.8) is 0 Å². The lowest BCUT2D eigenvalue weighted by molar-refractivity contribution is -0.143. The van der Waals surface area contributed by atoms with Crippen molar-refractivity contribution in [3.8, 4) is 0 Å². The molecule has 0 aromatic rings. The van der Waals surface area contributed by atoms with Crippen molar-refractivity contribution >= 4 is 11.9 Å². The van der Waals surface area contributed by atoms with Gasteiger partial charge < -0.3 is 20.3 Å². The average Bonchev–Trinajstić information content (AvgIpc) is 3.52. The van der Waals surface area contributed by atoms with Crippen LogP contribution in [0.3, 0.4) is 0 Å². The SMILES string of the molecule is CCCCCCCCC/C=C\CCCCCCCC(=O)OCCCCCCCCCCCCCCC/C=C\C/C=C\CCCCCCCCCCCCCCCCCCCC(=O)NC(CO)C(O)/C=C/CCCCCCCCCCCCCCC.